The minimum absolute atomic E-state index is 0.213. The van der Waals surface area contributed by atoms with E-state index in [0.717, 1.165) is 19.4 Å². The molecule has 0 saturated carbocycles. The van der Waals surface area contributed by atoms with Crippen molar-refractivity contribution in [2.75, 3.05) is 6.61 Å². The van der Waals surface area contributed by atoms with Crippen molar-refractivity contribution >= 4 is 10.4 Å². The second-order valence-corrected chi connectivity index (χ2v) is 4.90. The number of hydrogen-bond acceptors (Lipinski definition) is 4. The van der Waals surface area contributed by atoms with Crippen molar-refractivity contribution in [3.8, 4) is 0 Å². The van der Waals surface area contributed by atoms with Crippen LogP contribution >= 0.6 is 0 Å². The quantitative estimate of drug-likeness (QED) is 0.664. The van der Waals surface area contributed by atoms with E-state index in [4.69, 9.17) is 28.0 Å². The molecule has 1 aromatic carbocycles. The average molecular weight is 275 g/mol. The zero-order chi connectivity index (χ0) is 13.6. The fourth-order valence-corrected chi connectivity index (χ4v) is 1.72. The predicted octanol–water partition coefficient (Wildman–Crippen LogP) is 1.21. The highest BCUT2D eigenvalue weighted by atomic mass is 32.3. The summed E-state index contributed by atoms with van der Waals surface area (Å²) >= 11 is 0. The molecule has 0 radical (unpaired) electrons. The first kappa shape index (κ1) is 15.1. The molecular formula is C11H17NO5S. The first-order valence-electron chi connectivity index (χ1n) is 5.48. The van der Waals surface area contributed by atoms with Gasteiger partial charge in [-0.1, -0.05) is 30.3 Å². The van der Waals surface area contributed by atoms with E-state index in [1.807, 2.05) is 18.2 Å². The molecule has 0 amide bonds. The summed E-state index contributed by atoms with van der Waals surface area (Å²) in [7, 11) is -4.67. The van der Waals surface area contributed by atoms with Gasteiger partial charge in [0.15, 0.2) is 0 Å². The predicted molar refractivity (Wildman–Crippen MR) is 66.5 cm³/mol. The van der Waals surface area contributed by atoms with Crippen LogP contribution < -0.4 is 5.73 Å². The van der Waals surface area contributed by atoms with Gasteiger partial charge in [-0.2, -0.15) is 8.42 Å². The van der Waals surface area contributed by atoms with E-state index in [1.165, 1.54) is 5.56 Å². The summed E-state index contributed by atoms with van der Waals surface area (Å²) in [5.74, 6) is 0. The summed E-state index contributed by atoms with van der Waals surface area (Å²) < 4.78 is 37.2. The molecule has 1 aliphatic heterocycles. The topological polar surface area (TPSA) is 110 Å². The SMILES string of the molecule is NC1CCOC(c2ccccc2)C1.O=S(=O)(O)O. The van der Waals surface area contributed by atoms with Crippen LogP contribution in [0.15, 0.2) is 30.3 Å². The zero-order valence-corrected chi connectivity index (χ0v) is 10.6. The molecule has 1 aromatic rings. The summed E-state index contributed by atoms with van der Waals surface area (Å²) in [4.78, 5) is 0. The molecule has 2 rings (SSSR count). The van der Waals surface area contributed by atoms with Gasteiger partial charge in [0.05, 0.1) is 6.10 Å². The summed E-state index contributed by atoms with van der Waals surface area (Å²) in [5, 5.41) is 0. The molecule has 1 aliphatic rings. The van der Waals surface area contributed by atoms with Crippen LogP contribution in [0.3, 0.4) is 0 Å². The number of nitrogens with two attached hydrogens (primary N) is 1. The van der Waals surface area contributed by atoms with Gasteiger partial charge in [0, 0.05) is 12.6 Å². The van der Waals surface area contributed by atoms with Gasteiger partial charge in [-0.3, -0.25) is 9.11 Å². The first-order chi connectivity index (χ1) is 8.36. The largest absolute Gasteiger partial charge is 0.394 e. The minimum Gasteiger partial charge on any atom is -0.373 e. The van der Waals surface area contributed by atoms with Gasteiger partial charge in [-0.25, -0.2) is 0 Å². The average Bonchev–Trinajstić information content (AvgIpc) is 2.28. The summed E-state index contributed by atoms with van der Waals surface area (Å²) in [6, 6.07) is 10.6. The van der Waals surface area contributed by atoms with E-state index >= 15 is 0 Å². The number of benzene rings is 1. The highest BCUT2D eigenvalue weighted by Crippen LogP contribution is 2.26. The van der Waals surface area contributed by atoms with E-state index in [9.17, 15) is 0 Å². The van der Waals surface area contributed by atoms with Crippen LogP contribution in [0.1, 0.15) is 24.5 Å². The van der Waals surface area contributed by atoms with Crippen LogP contribution in [0, 0.1) is 0 Å². The molecule has 4 N–H and O–H groups in total. The smallest absolute Gasteiger partial charge is 0.373 e. The molecule has 0 spiro atoms. The van der Waals surface area contributed by atoms with Gasteiger partial charge >= 0.3 is 10.4 Å². The van der Waals surface area contributed by atoms with Crippen molar-refractivity contribution in [1.82, 2.24) is 0 Å². The Hall–Kier alpha value is -0.990. The summed E-state index contributed by atoms with van der Waals surface area (Å²) in [5.41, 5.74) is 7.13. The van der Waals surface area contributed by atoms with Gasteiger partial charge < -0.3 is 10.5 Å². The van der Waals surface area contributed by atoms with Crippen molar-refractivity contribution in [3.63, 3.8) is 0 Å². The second kappa shape index (κ2) is 6.81. The van der Waals surface area contributed by atoms with Crippen LogP contribution in [0.25, 0.3) is 0 Å². The molecule has 2 unspecified atom stereocenters. The molecule has 1 fully saturated rings. The fourth-order valence-electron chi connectivity index (χ4n) is 1.72. The van der Waals surface area contributed by atoms with Crippen molar-refractivity contribution in [3.05, 3.63) is 35.9 Å². The van der Waals surface area contributed by atoms with Crippen LogP contribution in [-0.2, 0) is 15.1 Å². The fraction of sp³-hybridized carbons (Fsp3) is 0.455. The Kier molecular flexibility index (Phi) is 5.70. The third-order valence-electron chi connectivity index (χ3n) is 2.50. The first-order valence-corrected chi connectivity index (χ1v) is 6.88. The number of hydrogen-bond donors (Lipinski definition) is 3. The Balaban J connectivity index is 0.000000280. The normalized spacial score (nSPS) is 23.9. The number of rotatable bonds is 1. The van der Waals surface area contributed by atoms with Crippen molar-refractivity contribution in [1.29, 1.82) is 0 Å². The third-order valence-corrected chi connectivity index (χ3v) is 2.50. The van der Waals surface area contributed by atoms with Gasteiger partial charge in [0.25, 0.3) is 0 Å². The van der Waals surface area contributed by atoms with Gasteiger partial charge in [-0.15, -0.1) is 0 Å². The van der Waals surface area contributed by atoms with Crippen molar-refractivity contribution < 1.29 is 22.3 Å². The maximum Gasteiger partial charge on any atom is 0.394 e. The molecule has 0 aromatic heterocycles. The lowest BCUT2D eigenvalue weighted by atomic mass is 9.98. The molecule has 0 bridgehead atoms. The van der Waals surface area contributed by atoms with Crippen LogP contribution in [-0.4, -0.2) is 30.2 Å². The van der Waals surface area contributed by atoms with E-state index < -0.39 is 10.4 Å². The Bertz CT molecular complexity index is 440. The molecule has 102 valence electrons. The number of ether oxygens (including phenoxy) is 1. The maximum atomic E-state index is 8.74. The van der Waals surface area contributed by atoms with Crippen LogP contribution in [0.5, 0.6) is 0 Å². The Morgan fingerprint density at radius 2 is 1.78 bits per heavy atom. The molecule has 1 heterocycles. The Morgan fingerprint density at radius 1 is 1.22 bits per heavy atom. The molecular weight excluding hydrogens is 258 g/mol. The molecule has 1 saturated heterocycles. The standard InChI is InChI=1S/C11H15NO.H2O4S/c12-10-6-7-13-11(8-10)9-4-2-1-3-5-9;1-5(2,3)4/h1-5,10-11H,6-8,12H2;(H2,1,2,3,4). The molecule has 0 aliphatic carbocycles. The maximum absolute atomic E-state index is 8.74. The second-order valence-electron chi connectivity index (χ2n) is 4.00. The van der Waals surface area contributed by atoms with Crippen LogP contribution in [0.4, 0.5) is 0 Å². The summed E-state index contributed by atoms with van der Waals surface area (Å²) in [6.45, 7) is 0.792. The van der Waals surface area contributed by atoms with E-state index in [2.05, 4.69) is 12.1 Å². The lowest BCUT2D eigenvalue weighted by Gasteiger charge is -2.27. The van der Waals surface area contributed by atoms with E-state index in [1.54, 1.807) is 0 Å². The van der Waals surface area contributed by atoms with Crippen LogP contribution in [0.2, 0.25) is 0 Å². The van der Waals surface area contributed by atoms with Crippen molar-refractivity contribution in [2.24, 2.45) is 5.73 Å². The summed E-state index contributed by atoms with van der Waals surface area (Å²) in [6.07, 6.45) is 2.15. The van der Waals surface area contributed by atoms with Gasteiger partial charge in [-0.05, 0) is 18.4 Å². The highest BCUT2D eigenvalue weighted by Gasteiger charge is 2.20. The molecule has 6 nitrogen and oxygen atoms in total. The lowest BCUT2D eigenvalue weighted by Crippen LogP contribution is -2.30. The molecule has 7 heteroatoms. The minimum atomic E-state index is -4.67. The molecule has 2 atom stereocenters. The Labute approximate surface area is 106 Å². The van der Waals surface area contributed by atoms with Gasteiger partial charge in [0.1, 0.15) is 0 Å². The van der Waals surface area contributed by atoms with E-state index in [0.29, 0.717) is 6.04 Å². The monoisotopic (exact) mass is 275 g/mol. The third kappa shape index (κ3) is 6.67. The molecule has 18 heavy (non-hydrogen) atoms. The Morgan fingerprint density at radius 3 is 2.28 bits per heavy atom. The van der Waals surface area contributed by atoms with E-state index in [-0.39, 0.29) is 6.10 Å². The highest BCUT2D eigenvalue weighted by molar-refractivity contribution is 7.79. The zero-order valence-electron chi connectivity index (χ0n) is 9.77. The van der Waals surface area contributed by atoms with Gasteiger partial charge in [0.2, 0.25) is 0 Å². The van der Waals surface area contributed by atoms with Crippen molar-refractivity contribution in [2.45, 2.75) is 25.0 Å². The lowest BCUT2D eigenvalue weighted by molar-refractivity contribution is 0.00668.